The maximum absolute atomic E-state index is 5.17. The van der Waals surface area contributed by atoms with Crippen LogP contribution < -0.4 is 9.47 Å². The van der Waals surface area contributed by atoms with E-state index in [4.69, 9.17) is 9.47 Å². The topological polar surface area (TPSA) is 44.2 Å². The number of ether oxygens (including phenoxy) is 2. The van der Waals surface area contributed by atoms with E-state index < -0.39 is 0 Å². The molecule has 0 aliphatic rings. The third kappa shape index (κ3) is 2.36. The molecule has 1 heterocycles. The van der Waals surface area contributed by atoms with E-state index in [0.29, 0.717) is 5.88 Å². The van der Waals surface area contributed by atoms with E-state index in [1.165, 1.54) is 0 Å². The van der Waals surface area contributed by atoms with Gasteiger partial charge in [0.1, 0.15) is 5.75 Å². The Kier molecular flexibility index (Phi) is 3.23. The predicted molar refractivity (Wildman–Crippen MR) is 65.3 cm³/mol. The minimum Gasteiger partial charge on any atom is -0.497 e. The molecule has 0 unspecified atom stereocenters. The van der Waals surface area contributed by atoms with Gasteiger partial charge in [-0.15, -0.1) is 0 Å². The highest BCUT2D eigenvalue weighted by atomic mass is 16.5. The molecule has 0 bridgehead atoms. The molecule has 0 aliphatic heterocycles. The van der Waals surface area contributed by atoms with Crippen LogP contribution in [-0.2, 0) is 0 Å². The van der Waals surface area contributed by atoms with Crippen LogP contribution in [0.5, 0.6) is 11.6 Å². The summed E-state index contributed by atoms with van der Waals surface area (Å²) >= 11 is 0. The molecule has 0 saturated carbocycles. The molecule has 0 aliphatic carbocycles. The third-order valence-corrected chi connectivity index (χ3v) is 2.53. The van der Waals surface area contributed by atoms with Crippen molar-refractivity contribution in [1.82, 2.24) is 9.97 Å². The molecule has 17 heavy (non-hydrogen) atoms. The highest BCUT2D eigenvalue weighted by Gasteiger charge is 2.06. The Hall–Kier alpha value is -2.10. The lowest BCUT2D eigenvalue weighted by atomic mass is 10.1. The lowest BCUT2D eigenvalue weighted by Gasteiger charge is -2.08. The van der Waals surface area contributed by atoms with Gasteiger partial charge in [-0.2, -0.15) is 0 Å². The van der Waals surface area contributed by atoms with Crippen LogP contribution in [-0.4, -0.2) is 24.2 Å². The molecular formula is C13H14N2O2. The summed E-state index contributed by atoms with van der Waals surface area (Å²) in [5, 5.41) is 0. The summed E-state index contributed by atoms with van der Waals surface area (Å²) in [6, 6.07) is 5.84. The van der Waals surface area contributed by atoms with Gasteiger partial charge in [-0.3, -0.25) is 4.98 Å². The first-order valence-corrected chi connectivity index (χ1v) is 5.25. The zero-order valence-corrected chi connectivity index (χ0v) is 10.1. The van der Waals surface area contributed by atoms with Crippen molar-refractivity contribution in [2.75, 3.05) is 14.2 Å². The lowest BCUT2D eigenvalue weighted by Crippen LogP contribution is -1.93. The fourth-order valence-corrected chi connectivity index (χ4v) is 1.63. The molecule has 0 atom stereocenters. The van der Waals surface area contributed by atoms with E-state index in [0.717, 1.165) is 22.6 Å². The molecule has 0 radical (unpaired) electrons. The Balaban J connectivity index is 2.45. The zero-order valence-electron chi connectivity index (χ0n) is 10.1. The van der Waals surface area contributed by atoms with E-state index >= 15 is 0 Å². The molecule has 88 valence electrons. The van der Waals surface area contributed by atoms with Crippen molar-refractivity contribution in [3.05, 3.63) is 36.2 Å². The van der Waals surface area contributed by atoms with Crippen LogP contribution in [0.4, 0.5) is 0 Å². The minimum absolute atomic E-state index is 0.512. The maximum atomic E-state index is 5.17. The molecule has 0 amide bonds. The number of methoxy groups -OCH3 is 2. The van der Waals surface area contributed by atoms with E-state index in [-0.39, 0.29) is 0 Å². The van der Waals surface area contributed by atoms with Gasteiger partial charge >= 0.3 is 0 Å². The summed E-state index contributed by atoms with van der Waals surface area (Å²) in [7, 11) is 3.23. The fraction of sp³-hybridized carbons (Fsp3) is 0.231. The average molecular weight is 230 g/mol. The van der Waals surface area contributed by atoms with Gasteiger partial charge in [0, 0.05) is 5.56 Å². The Morgan fingerprint density at radius 2 is 1.88 bits per heavy atom. The fourth-order valence-electron chi connectivity index (χ4n) is 1.63. The van der Waals surface area contributed by atoms with Gasteiger partial charge in [0.2, 0.25) is 5.88 Å². The second-order valence-electron chi connectivity index (χ2n) is 3.63. The summed E-state index contributed by atoms with van der Waals surface area (Å²) in [6.07, 6.45) is 3.31. The Labute approximate surface area is 100 Å². The number of aromatic nitrogens is 2. The van der Waals surface area contributed by atoms with Crippen molar-refractivity contribution in [3.8, 4) is 22.9 Å². The van der Waals surface area contributed by atoms with E-state index in [9.17, 15) is 0 Å². The largest absolute Gasteiger partial charge is 0.497 e. The maximum Gasteiger partial charge on any atom is 0.232 e. The number of benzene rings is 1. The Bertz CT molecular complexity index is 527. The van der Waals surface area contributed by atoms with Gasteiger partial charge in [0.15, 0.2) is 0 Å². The van der Waals surface area contributed by atoms with Crippen molar-refractivity contribution >= 4 is 0 Å². The van der Waals surface area contributed by atoms with Gasteiger partial charge in [-0.1, -0.05) is 0 Å². The molecule has 4 heteroatoms. The quantitative estimate of drug-likeness (QED) is 0.812. The van der Waals surface area contributed by atoms with Crippen LogP contribution in [0.2, 0.25) is 0 Å². The van der Waals surface area contributed by atoms with Crippen molar-refractivity contribution in [1.29, 1.82) is 0 Å². The second-order valence-corrected chi connectivity index (χ2v) is 3.63. The molecular weight excluding hydrogens is 216 g/mol. The molecule has 4 nitrogen and oxygen atoms in total. The number of hydrogen-bond acceptors (Lipinski definition) is 4. The van der Waals surface area contributed by atoms with Gasteiger partial charge in [0.05, 0.1) is 32.3 Å². The van der Waals surface area contributed by atoms with Gasteiger partial charge in [-0.25, -0.2) is 4.98 Å². The molecule has 0 fully saturated rings. The summed E-state index contributed by atoms with van der Waals surface area (Å²) in [6.45, 7) is 2.01. The number of hydrogen-bond donors (Lipinski definition) is 0. The number of aryl methyl sites for hydroxylation is 1. The molecule has 2 rings (SSSR count). The highest BCUT2D eigenvalue weighted by Crippen LogP contribution is 2.25. The molecule has 0 N–H and O–H groups in total. The predicted octanol–water partition coefficient (Wildman–Crippen LogP) is 2.47. The molecule has 2 aromatic rings. The van der Waals surface area contributed by atoms with Crippen molar-refractivity contribution in [3.63, 3.8) is 0 Å². The number of nitrogens with zero attached hydrogens (tertiary/aromatic N) is 2. The van der Waals surface area contributed by atoms with Crippen molar-refractivity contribution in [2.45, 2.75) is 6.92 Å². The summed E-state index contributed by atoms with van der Waals surface area (Å²) < 4.78 is 10.2. The molecule has 1 aromatic carbocycles. The summed E-state index contributed by atoms with van der Waals surface area (Å²) in [4.78, 5) is 8.45. The first-order chi connectivity index (χ1) is 8.24. The molecule has 0 saturated heterocycles. The third-order valence-electron chi connectivity index (χ3n) is 2.53. The molecule has 1 aromatic heterocycles. The van der Waals surface area contributed by atoms with Gasteiger partial charge in [0.25, 0.3) is 0 Å². The first-order valence-electron chi connectivity index (χ1n) is 5.25. The van der Waals surface area contributed by atoms with Crippen LogP contribution in [0, 0.1) is 6.92 Å². The van der Waals surface area contributed by atoms with Crippen LogP contribution in [0.15, 0.2) is 30.6 Å². The van der Waals surface area contributed by atoms with E-state index in [1.807, 2.05) is 25.1 Å². The normalized spacial score (nSPS) is 10.1. The van der Waals surface area contributed by atoms with Crippen LogP contribution in [0.25, 0.3) is 11.3 Å². The molecule has 0 spiro atoms. The highest BCUT2D eigenvalue weighted by molar-refractivity contribution is 5.64. The van der Waals surface area contributed by atoms with E-state index in [1.54, 1.807) is 26.6 Å². The van der Waals surface area contributed by atoms with Crippen molar-refractivity contribution < 1.29 is 9.47 Å². The van der Waals surface area contributed by atoms with Crippen LogP contribution in [0.3, 0.4) is 0 Å². The lowest BCUT2D eigenvalue weighted by molar-refractivity contribution is 0.396. The average Bonchev–Trinajstić information content (AvgIpc) is 2.38. The summed E-state index contributed by atoms with van der Waals surface area (Å²) in [5.41, 5.74) is 2.91. The Morgan fingerprint density at radius 3 is 2.53 bits per heavy atom. The summed E-state index contributed by atoms with van der Waals surface area (Å²) in [5.74, 6) is 1.35. The Morgan fingerprint density at radius 1 is 1.06 bits per heavy atom. The van der Waals surface area contributed by atoms with E-state index in [2.05, 4.69) is 9.97 Å². The van der Waals surface area contributed by atoms with Crippen LogP contribution >= 0.6 is 0 Å². The second kappa shape index (κ2) is 4.82. The monoisotopic (exact) mass is 230 g/mol. The zero-order chi connectivity index (χ0) is 12.3. The van der Waals surface area contributed by atoms with Gasteiger partial charge < -0.3 is 9.47 Å². The first kappa shape index (κ1) is 11.4. The smallest absolute Gasteiger partial charge is 0.232 e. The van der Waals surface area contributed by atoms with Crippen molar-refractivity contribution in [2.24, 2.45) is 0 Å². The number of rotatable bonds is 3. The minimum atomic E-state index is 0.512. The SMILES string of the molecule is COc1ccc(-c2cncc(OC)n2)c(C)c1. The van der Waals surface area contributed by atoms with Crippen LogP contribution in [0.1, 0.15) is 5.56 Å². The van der Waals surface area contributed by atoms with Gasteiger partial charge in [-0.05, 0) is 30.7 Å². The standard InChI is InChI=1S/C13H14N2O2/c1-9-6-10(16-2)4-5-11(9)12-7-14-8-13(15-12)17-3/h4-8H,1-3H3.